The van der Waals surface area contributed by atoms with E-state index in [0.717, 1.165) is 0 Å². The van der Waals surface area contributed by atoms with Crippen LogP contribution in [0.1, 0.15) is 27.8 Å². The molecule has 0 amide bonds. The van der Waals surface area contributed by atoms with Gasteiger partial charge in [-0.05, 0) is 17.7 Å². The van der Waals surface area contributed by atoms with Gasteiger partial charge in [-0.3, -0.25) is 0 Å². The molecule has 1 atom stereocenters. The number of ether oxygens (including phenoxy) is 1. The van der Waals surface area contributed by atoms with Gasteiger partial charge < -0.3 is 14.9 Å². The minimum atomic E-state index is -0.875. The molecule has 7 nitrogen and oxygen atoms in total. The molecule has 2 rings (SSSR count). The first-order valence-corrected chi connectivity index (χ1v) is 6.49. The quantitative estimate of drug-likeness (QED) is 0.798. The summed E-state index contributed by atoms with van der Waals surface area (Å²) in [5, 5.41) is 27.5. The summed E-state index contributed by atoms with van der Waals surface area (Å²) in [6.45, 7) is -0.397. The molecule has 0 aliphatic rings. The second kappa shape index (κ2) is 6.66. The first-order valence-electron chi connectivity index (χ1n) is 6.12. The van der Waals surface area contributed by atoms with E-state index in [4.69, 9.17) is 11.6 Å². The average molecular weight is 312 g/mol. The Labute approximate surface area is 125 Å². The fourth-order valence-electron chi connectivity index (χ4n) is 1.85. The van der Waals surface area contributed by atoms with E-state index in [1.165, 1.54) is 11.8 Å². The van der Waals surface area contributed by atoms with Crippen molar-refractivity contribution >= 4 is 17.6 Å². The van der Waals surface area contributed by atoms with Crippen LogP contribution in [0.5, 0.6) is 0 Å². The van der Waals surface area contributed by atoms with Crippen molar-refractivity contribution in [2.75, 3.05) is 7.11 Å². The lowest BCUT2D eigenvalue weighted by molar-refractivity contribution is 0.0589. The highest BCUT2D eigenvalue weighted by Crippen LogP contribution is 2.19. The number of benzene rings is 1. The highest BCUT2D eigenvalue weighted by molar-refractivity contribution is 6.30. The Balaban J connectivity index is 2.21. The summed E-state index contributed by atoms with van der Waals surface area (Å²) < 4.78 is 5.82. The van der Waals surface area contributed by atoms with Crippen LogP contribution < -0.4 is 0 Å². The zero-order valence-electron chi connectivity index (χ0n) is 11.2. The van der Waals surface area contributed by atoms with Crippen LogP contribution in [0.4, 0.5) is 0 Å². The first-order chi connectivity index (χ1) is 10.1. The van der Waals surface area contributed by atoms with E-state index in [0.29, 0.717) is 10.6 Å². The van der Waals surface area contributed by atoms with Crippen LogP contribution >= 0.6 is 11.6 Å². The van der Waals surface area contributed by atoms with Crippen LogP contribution in [0, 0.1) is 0 Å². The van der Waals surface area contributed by atoms with Gasteiger partial charge in [0.25, 0.3) is 0 Å². The largest absolute Gasteiger partial charge is 0.464 e. The van der Waals surface area contributed by atoms with Gasteiger partial charge in [0.15, 0.2) is 5.69 Å². The summed E-state index contributed by atoms with van der Waals surface area (Å²) in [6, 6.07) is 6.69. The van der Waals surface area contributed by atoms with E-state index in [-0.39, 0.29) is 17.9 Å². The zero-order valence-corrected chi connectivity index (χ0v) is 12.0. The molecule has 0 radical (unpaired) electrons. The number of carbonyl (C=O) groups excluding carboxylic acids is 1. The van der Waals surface area contributed by atoms with Crippen LogP contribution in [0.25, 0.3) is 0 Å². The van der Waals surface area contributed by atoms with Crippen molar-refractivity contribution in [2.24, 2.45) is 0 Å². The van der Waals surface area contributed by atoms with Gasteiger partial charge in [0.2, 0.25) is 0 Å². The highest BCUT2D eigenvalue weighted by Gasteiger charge is 2.21. The lowest BCUT2D eigenvalue weighted by Crippen LogP contribution is -2.14. The van der Waals surface area contributed by atoms with Gasteiger partial charge in [-0.15, -0.1) is 5.10 Å². The number of rotatable bonds is 5. The molecule has 112 valence electrons. The van der Waals surface area contributed by atoms with Crippen LogP contribution in [0.15, 0.2) is 24.3 Å². The molecule has 0 spiro atoms. The van der Waals surface area contributed by atoms with E-state index in [1.54, 1.807) is 24.3 Å². The lowest BCUT2D eigenvalue weighted by Gasteiger charge is -2.12. The third-order valence-corrected chi connectivity index (χ3v) is 3.22. The van der Waals surface area contributed by atoms with Gasteiger partial charge in [-0.2, -0.15) is 0 Å². The zero-order chi connectivity index (χ0) is 15.4. The van der Waals surface area contributed by atoms with E-state index in [9.17, 15) is 15.0 Å². The van der Waals surface area contributed by atoms with Crippen molar-refractivity contribution in [3.63, 3.8) is 0 Å². The Morgan fingerprint density at radius 2 is 2.10 bits per heavy atom. The second-order valence-corrected chi connectivity index (χ2v) is 4.72. The number of hydrogen-bond acceptors (Lipinski definition) is 6. The van der Waals surface area contributed by atoms with Crippen molar-refractivity contribution in [1.29, 1.82) is 0 Å². The van der Waals surface area contributed by atoms with Crippen molar-refractivity contribution in [3.05, 3.63) is 46.2 Å². The lowest BCUT2D eigenvalue weighted by atomic mass is 10.1. The summed E-state index contributed by atoms with van der Waals surface area (Å²) >= 11 is 5.78. The van der Waals surface area contributed by atoms with Gasteiger partial charge in [0.1, 0.15) is 0 Å². The molecular formula is C13H14ClN3O4. The second-order valence-electron chi connectivity index (χ2n) is 4.28. The normalized spacial score (nSPS) is 12.2. The van der Waals surface area contributed by atoms with E-state index < -0.39 is 18.7 Å². The average Bonchev–Trinajstić information content (AvgIpc) is 2.89. The van der Waals surface area contributed by atoms with Gasteiger partial charge in [0.05, 0.1) is 32.1 Å². The predicted octanol–water partition coefficient (Wildman–Crippen LogP) is 0.944. The first kappa shape index (κ1) is 15.4. The maximum absolute atomic E-state index is 11.5. The Hall–Kier alpha value is -1.96. The summed E-state index contributed by atoms with van der Waals surface area (Å²) in [5.41, 5.74) is 0.761. The number of methoxy groups -OCH3 is 1. The molecule has 0 bridgehead atoms. The van der Waals surface area contributed by atoms with Gasteiger partial charge in [-0.25, -0.2) is 9.48 Å². The number of hydrogen-bond donors (Lipinski definition) is 2. The maximum atomic E-state index is 11.5. The summed E-state index contributed by atoms with van der Waals surface area (Å²) in [6.07, 6.45) is -0.875. The third kappa shape index (κ3) is 3.38. The van der Waals surface area contributed by atoms with Crippen LogP contribution in [-0.2, 0) is 17.9 Å². The molecule has 8 heteroatoms. The SMILES string of the molecule is COC(=O)c1nnn(CC(O)c2ccc(Cl)cc2)c1CO. The Morgan fingerprint density at radius 1 is 1.43 bits per heavy atom. The Kier molecular flexibility index (Phi) is 4.89. The summed E-state index contributed by atoms with van der Waals surface area (Å²) in [7, 11) is 1.21. The molecule has 1 unspecified atom stereocenters. The number of aliphatic hydroxyl groups is 2. The number of halogens is 1. The topological polar surface area (TPSA) is 97.5 Å². The molecule has 0 fully saturated rings. The van der Waals surface area contributed by atoms with Crippen molar-refractivity contribution in [2.45, 2.75) is 19.3 Å². The van der Waals surface area contributed by atoms with E-state index >= 15 is 0 Å². The standard InChI is InChI=1S/C13H14ClN3O4/c1-21-13(20)12-10(7-18)17(16-15-12)6-11(19)8-2-4-9(14)5-3-8/h2-5,11,18-19H,6-7H2,1H3. The molecule has 0 saturated carbocycles. The molecule has 0 saturated heterocycles. The van der Waals surface area contributed by atoms with Gasteiger partial charge >= 0.3 is 5.97 Å². The molecule has 21 heavy (non-hydrogen) atoms. The number of aliphatic hydroxyl groups excluding tert-OH is 2. The van der Waals surface area contributed by atoms with Crippen LogP contribution in [0.3, 0.4) is 0 Å². The smallest absolute Gasteiger partial charge is 0.360 e. The molecule has 2 aromatic rings. The van der Waals surface area contributed by atoms with E-state index in [1.807, 2.05) is 0 Å². The van der Waals surface area contributed by atoms with E-state index in [2.05, 4.69) is 15.0 Å². The van der Waals surface area contributed by atoms with Gasteiger partial charge in [-0.1, -0.05) is 28.9 Å². The third-order valence-electron chi connectivity index (χ3n) is 2.97. The minimum Gasteiger partial charge on any atom is -0.464 e. The van der Waals surface area contributed by atoms with Crippen LogP contribution in [-0.4, -0.2) is 38.3 Å². The van der Waals surface area contributed by atoms with Crippen molar-refractivity contribution < 1.29 is 19.7 Å². The molecule has 1 aromatic heterocycles. The van der Waals surface area contributed by atoms with Crippen LogP contribution in [0.2, 0.25) is 5.02 Å². The molecule has 1 aromatic carbocycles. The summed E-state index contributed by atoms with van der Waals surface area (Å²) in [4.78, 5) is 11.5. The van der Waals surface area contributed by atoms with Crippen molar-refractivity contribution in [3.8, 4) is 0 Å². The van der Waals surface area contributed by atoms with Gasteiger partial charge in [0, 0.05) is 5.02 Å². The fraction of sp³-hybridized carbons (Fsp3) is 0.308. The fourth-order valence-corrected chi connectivity index (χ4v) is 1.97. The number of carbonyl (C=O) groups is 1. The Bertz CT molecular complexity index is 627. The number of nitrogens with zero attached hydrogens (tertiary/aromatic N) is 3. The maximum Gasteiger partial charge on any atom is 0.360 e. The predicted molar refractivity (Wildman–Crippen MR) is 73.7 cm³/mol. The number of aromatic nitrogens is 3. The monoisotopic (exact) mass is 311 g/mol. The molecule has 0 aliphatic carbocycles. The van der Waals surface area contributed by atoms with Crippen molar-refractivity contribution in [1.82, 2.24) is 15.0 Å². The summed E-state index contributed by atoms with van der Waals surface area (Å²) in [5.74, 6) is -0.689. The molecule has 0 aliphatic heterocycles. The molecule has 1 heterocycles. The molecule has 2 N–H and O–H groups in total. The number of esters is 1. The minimum absolute atomic E-state index is 0.0432. The Morgan fingerprint density at radius 3 is 2.67 bits per heavy atom. The highest BCUT2D eigenvalue weighted by atomic mass is 35.5. The molecular weight excluding hydrogens is 298 g/mol.